The van der Waals surface area contributed by atoms with Gasteiger partial charge in [-0.3, -0.25) is 0 Å². The van der Waals surface area contributed by atoms with Gasteiger partial charge in [0.15, 0.2) is 10.3 Å². The summed E-state index contributed by atoms with van der Waals surface area (Å²) in [6.45, 7) is 0. The number of benzene rings is 4. The van der Waals surface area contributed by atoms with Crippen molar-refractivity contribution in [1.82, 2.24) is 9.97 Å². The van der Waals surface area contributed by atoms with Gasteiger partial charge in [0, 0.05) is 21.9 Å². The minimum absolute atomic E-state index is 0.311. The lowest BCUT2D eigenvalue weighted by Crippen LogP contribution is -1.92. The van der Waals surface area contributed by atoms with Gasteiger partial charge in [-0.2, -0.15) is 0 Å². The average molecular weight is 539 g/mol. The minimum Gasteiger partial charge on any atom is -0.329 e. The number of para-hydroxylation sites is 2. The third-order valence-corrected chi connectivity index (χ3v) is 7.45. The zero-order valence-electron chi connectivity index (χ0n) is 19.9. The predicted octanol–water partition coefficient (Wildman–Crippen LogP) is 9.37. The second-order valence-corrected chi connectivity index (χ2v) is 10.2. The summed E-state index contributed by atoms with van der Waals surface area (Å²) in [7, 11) is 0. The quantitative estimate of drug-likeness (QED) is 0.213. The molecular formula is C30H20F2N4S2. The van der Waals surface area contributed by atoms with E-state index < -0.39 is 0 Å². The first-order valence-electron chi connectivity index (χ1n) is 11.8. The van der Waals surface area contributed by atoms with E-state index in [4.69, 9.17) is 0 Å². The fourth-order valence-corrected chi connectivity index (χ4v) is 5.41. The van der Waals surface area contributed by atoms with Gasteiger partial charge in [0.05, 0.1) is 22.8 Å². The van der Waals surface area contributed by atoms with E-state index in [9.17, 15) is 8.78 Å². The molecule has 4 aromatic carbocycles. The highest BCUT2D eigenvalue weighted by molar-refractivity contribution is 7.14. The van der Waals surface area contributed by atoms with Crippen molar-refractivity contribution in [2.75, 3.05) is 10.6 Å². The van der Waals surface area contributed by atoms with Crippen LogP contribution in [-0.4, -0.2) is 9.97 Å². The fourth-order valence-electron chi connectivity index (χ4n) is 3.95. The lowest BCUT2D eigenvalue weighted by atomic mass is 10.0. The lowest BCUT2D eigenvalue weighted by Gasteiger charge is -2.05. The van der Waals surface area contributed by atoms with Gasteiger partial charge >= 0.3 is 0 Å². The van der Waals surface area contributed by atoms with Crippen LogP contribution in [0.5, 0.6) is 0 Å². The average Bonchev–Trinajstić information content (AvgIpc) is 3.62. The van der Waals surface area contributed by atoms with Crippen LogP contribution in [-0.2, 0) is 0 Å². The summed E-state index contributed by atoms with van der Waals surface area (Å²) in [6.07, 6.45) is 0. The first-order valence-corrected chi connectivity index (χ1v) is 13.5. The molecule has 0 aliphatic heterocycles. The SMILES string of the molecule is Fc1ccccc1Nc1nc(-c2ccc(-c3ccc(-c4csc(Nc5ccccc5F)n4)cc3)cc2)cs1. The number of hydrogen-bond donors (Lipinski definition) is 2. The Hall–Kier alpha value is -4.40. The Balaban J connectivity index is 1.14. The molecule has 0 aliphatic rings. The number of nitrogens with zero attached hydrogens (tertiary/aromatic N) is 2. The van der Waals surface area contributed by atoms with Crippen molar-refractivity contribution in [3.63, 3.8) is 0 Å². The number of nitrogens with one attached hydrogen (secondary N) is 2. The molecule has 0 atom stereocenters. The van der Waals surface area contributed by atoms with Gasteiger partial charge in [-0.25, -0.2) is 18.7 Å². The Bertz CT molecular complexity index is 1570. The first-order chi connectivity index (χ1) is 18.6. The number of hydrogen-bond acceptors (Lipinski definition) is 6. The third-order valence-electron chi connectivity index (χ3n) is 5.93. The van der Waals surface area contributed by atoms with Crippen LogP contribution in [0, 0.1) is 11.6 Å². The molecule has 6 aromatic rings. The molecule has 0 spiro atoms. The Morgan fingerprint density at radius 3 is 1.24 bits per heavy atom. The lowest BCUT2D eigenvalue weighted by molar-refractivity contribution is 0.631. The van der Waals surface area contributed by atoms with Crippen LogP contribution in [0.1, 0.15) is 0 Å². The van der Waals surface area contributed by atoms with Crippen molar-refractivity contribution in [3.8, 4) is 33.6 Å². The summed E-state index contributed by atoms with van der Waals surface area (Å²) < 4.78 is 27.8. The van der Waals surface area contributed by atoms with Crippen LogP contribution in [0.15, 0.2) is 108 Å². The largest absolute Gasteiger partial charge is 0.329 e. The maximum absolute atomic E-state index is 13.9. The predicted molar refractivity (Wildman–Crippen MR) is 153 cm³/mol. The van der Waals surface area contributed by atoms with Gasteiger partial charge < -0.3 is 10.6 Å². The monoisotopic (exact) mass is 538 g/mol. The van der Waals surface area contributed by atoms with Crippen molar-refractivity contribution >= 4 is 44.3 Å². The van der Waals surface area contributed by atoms with Crippen molar-refractivity contribution < 1.29 is 8.78 Å². The van der Waals surface area contributed by atoms with E-state index in [-0.39, 0.29) is 11.6 Å². The van der Waals surface area contributed by atoms with Gasteiger partial charge in [0.1, 0.15) is 11.6 Å². The Kier molecular flexibility index (Phi) is 6.64. The molecule has 0 saturated heterocycles. The summed E-state index contributed by atoms with van der Waals surface area (Å²) in [5.74, 6) is -0.622. The van der Waals surface area contributed by atoms with Gasteiger partial charge in [-0.15, -0.1) is 22.7 Å². The zero-order valence-corrected chi connectivity index (χ0v) is 21.5. The molecule has 0 radical (unpaired) electrons. The van der Waals surface area contributed by atoms with E-state index in [2.05, 4.69) is 44.9 Å². The van der Waals surface area contributed by atoms with Crippen LogP contribution in [0.4, 0.5) is 30.4 Å². The van der Waals surface area contributed by atoms with E-state index in [1.807, 2.05) is 35.0 Å². The maximum Gasteiger partial charge on any atom is 0.187 e. The molecule has 2 N–H and O–H groups in total. The van der Waals surface area contributed by atoms with E-state index in [0.29, 0.717) is 21.6 Å². The van der Waals surface area contributed by atoms with Gasteiger partial charge in [-0.05, 0) is 35.4 Å². The molecule has 2 heterocycles. The number of rotatable bonds is 7. The molecule has 0 aliphatic carbocycles. The number of anilines is 4. The number of halogens is 2. The highest BCUT2D eigenvalue weighted by Crippen LogP contribution is 2.32. The fraction of sp³-hybridized carbons (Fsp3) is 0. The van der Waals surface area contributed by atoms with Crippen LogP contribution in [0.25, 0.3) is 33.6 Å². The van der Waals surface area contributed by atoms with Gasteiger partial charge in [0.2, 0.25) is 0 Å². The van der Waals surface area contributed by atoms with Crippen LogP contribution in [0.2, 0.25) is 0 Å². The Morgan fingerprint density at radius 1 is 0.474 bits per heavy atom. The molecule has 0 unspecified atom stereocenters. The summed E-state index contributed by atoms with van der Waals surface area (Å²) in [5, 5.41) is 11.3. The summed E-state index contributed by atoms with van der Waals surface area (Å²) in [6, 6.07) is 29.5. The smallest absolute Gasteiger partial charge is 0.187 e. The molecule has 0 saturated carbocycles. The third kappa shape index (κ3) is 5.18. The van der Waals surface area contributed by atoms with Gasteiger partial charge in [-0.1, -0.05) is 72.8 Å². The molecule has 4 nitrogen and oxygen atoms in total. The van der Waals surface area contributed by atoms with E-state index in [1.165, 1.54) is 34.8 Å². The first kappa shape index (κ1) is 24.0. The molecule has 38 heavy (non-hydrogen) atoms. The van der Waals surface area contributed by atoms with Crippen molar-refractivity contribution in [2.45, 2.75) is 0 Å². The Labute approximate surface area is 226 Å². The molecule has 0 bridgehead atoms. The highest BCUT2D eigenvalue weighted by Gasteiger charge is 2.10. The number of thiazole rings is 2. The topological polar surface area (TPSA) is 49.8 Å². The summed E-state index contributed by atoms with van der Waals surface area (Å²) in [5.41, 5.74) is 6.62. The minimum atomic E-state index is -0.311. The molecule has 186 valence electrons. The van der Waals surface area contributed by atoms with Crippen LogP contribution >= 0.6 is 22.7 Å². The molecule has 6 rings (SSSR count). The molecule has 0 amide bonds. The molecular weight excluding hydrogens is 518 g/mol. The number of aromatic nitrogens is 2. The summed E-state index contributed by atoms with van der Waals surface area (Å²) in [4.78, 5) is 9.21. The van der Waals surface area contributed by atoms with E-state index in [1.54, 1.807) is 36.4 Å². The van der Waals surface area contributed by atoms with Gasteiger partial charge in [0.25, 0.3) is 0 Å². The van der Waals surface area contributed by atoms with E-state index in [0.717, 1.165) is 33.6 Å². The van der Waals surface area contributed by atoms with Crippen molar-refractivity contribution in [1.29, 1.82) is 0 Å². The van der Waals surface area contributed by atoms with Crippen LogP contribution in [0.3, 0.4) is 0 Å². The summed E-state index contributed by atoms with van der Waals surface area (Å²) >= 11 is 2.87. The maximum atomic E-state index is 13.9. The van der Waals surface area contributed by atoms with Crippen molar-refractivity contribution in [2.24, 2.45) is 0 Å². The highest BCUT2D eigenvalue weighted by atomic mass is 32.1. The zero-order chi connectivity index (χ0) is 25.9. The van der Waals surface area contributed by atoms with E-state index >= 15 is 0 Å². The molecule has 2 aromatic heterocycles. The van der Waals surface area contributed by atoms with Crippen molar-refractivity contribution in [3.05, 3.63) is 119 Å². The molecule has 0 fully saturated rings. The second kappa shape index (κ2) is 10.5. The Morgan fingerprint density at radius 2 is 0.842 bits per heavy atom. The second-order valence-electron chi connectivity index (χ2n) is 8.44. The van der Waals surface area contributed by atoms with Crippen LogP contribution < -0.4 is 10.6 Å². The molecule has 8 heteroatoms. The standard InChI is InChI=1S/C30H20F2N4S2/c31-23-5-1-3-7-25(23)33-29-35-27(17-37-29)21-13-9-19(10-14-21)20-11-15-22(16-12-20)28-18-38-30(36-28)34-26-8-4-2-6-24(26)32/h1-18H,(H,33,35)(H,34,36). The normalized spacial score (nSPS) is 10.9.